The first-order valence-corrected chi connectivity index (χ1v) is 5.35. The lowest BCUT2D eigenvalue weighted by atomic mass is 10.1. The summed E-state index contributed by atoms with van der Waals surface area (Å²) in [5.41, 5.74) is 0. The van der Waals surface area contributed by atoms with Crippen LogP contribution < -0.4 is 5.32 Å². The molecule has 12 heavy (non-hydrogen) atoms. The van der Waals surface area contributed by atoms with Gasteiger partial charge in [-0.05, 0) is 31.7 Å². The van der Waals surface area contributed by atoms with Crippen LogP contribution in [0.4, 0.5) is 0 Å². The Hall–Kier alpha value is -0.0800. The third-order valence-corrected chi connectivity index (χ3v) is 2.98. The fourth-order valence-electron chi connectivity index (χ4n) is 1.87. The summed E-state index contributed by atoms with van der Waals surface area (Å²) in [5, 5.41) is 3.35. The molecule has 0 spiro atoms. The molecule has 2 rings (SSSR count). The van der Waals surface area contributed by atoms with Crippen LogP contribution in [0.15, 0.2) is 0 Å². The molecule has 70 valence electrons. The molecule has 0 radical (unpaired) electrons. The summed E-state index contributed by atoms with van der Waals surface area (Å²) in [6.45, 7) is 7.43. The lowest BCUT2D eigenvalue weighted by molar-refractivity contribution is 0.139. The van der Waals surface area contributed by atoms with Crippen LogP contribution in [-0.2, 0) is 0 Å². The van der Waals surface area contributed by atoms with Crippen LogP contribution in [0.25, 0.3) is 0 Å². The maximum Gasteiger partial charge on any atom is 0.0345 e. The van der Waals surface area contributed by atoms with Crippen molar-refractivity contribution in [2.45, 2.75) is 32.2 Å². The largest absolute Gasteiger partial charge is 0.314 e. The number of nitrogens with zero attached hydrogens (tertiary/aromatic N) is 1. The van der Waals surface area contributed by atoms with Crippen molar-refractivity contribution in [3.63, 3.8) is 0 Å². The second-order valence-corrected chi connectivity index (χ2v) is 4.25. The quantitative estimate of drug-likeness (QED) is 0.661. The van der Waals surface area contributed by atoms with E-state index >= 15 is 0 Å². The molecule has 2 nitrogen and oxygen atoms in total. The molecule has 0 aromatic carbocycles. The van der Waals surface area contributed by atoms with Crippen molar-refractivity contribution >= 4 is 0 Å². The van der Waals surface area contributed by atoms with Gasteiger partial charge in [0.15, 0.2) is 0 Å². The van der Waals surface area contributed by atoms with Crippen LogP contribution in [0.2, 0.25) is 0 Å². The minimum atomic E-state index is 0.866. The summed E-state index contributed by atoms with van der Waals surface area (Å²) in [4.78, 5) is 2.69. The molecule has 1 aliphatic carbocycles. The molecule has 1 saturated heterocycles. The molecule has 2 fully saturated rings. The van der Waals surface area contributed by atoms with E-state index < -0.39 is 0 Å². The van der Waals surface area contributed by atoms with Gasteiger partial charge in [0.2, 0.25) is 0 Å². The van der Waals surface area contributed by atoms with Gasteiger partial charge in [0.25, 0.3) is 0 Å². The van der Waals surface area contributed by atoms with Crippen molar-refractivity contribution in [1.29, 1.82) is 0 Å². The van der Waals surface area contributed by atoms with Gasteiger partial charge < -0.3 is 5.32 Å². The Bertz CT molecular complexity index is 139. The van der Waals surface area contributed by atoms with Crippen molar-refractivity contribution in [3.05, 3.63) is 0 Å². The summed E-state index contributed by atoms with van der Waals surface area (Å²) in [7, 11) is 0. The third-order valence-electron chi connectivity index (χ3n) is 2.98. The molecule has 0 unspecified atom stereocenters. The summed E-state index contributed by atoms with van der Waals surface area (Å²) in [6, 6.07) is 0.866. The van der Waals surface area contributed by atoms with Gasteiger partial charge in [-0.2, -0.15) is 0 Å². The first-order chi connectivity index (χ1) is 5.90. The average molecular weight is 168 g/mol. The van der Waals surface area contributed by atoms with Gasteiger partial charge in [-0.1, -0.05) is 6.92 Å². The summed E-state index contributed by atoms with van der Waals surface area (Å²) < 4.78 is 0. The molecule has 1 N–H and O–H groups in total. The van der Waals surface area contributed by atoms with E-state index in [0.717, 1.165) is 12.0 Å². The highest BCUT2D eigenvalue weighted by molar-refractivity contribution is 4.87. The van der Waals surface area contributed by atoms with E-state index in [0.29, 0.717) is 0 Å². The lowest BCUT2D eigenvalue weighted by Gasteiger charge is -2.38. The van der Waals surface area contributed by atoms with E-state index in [2.05, 4.69) is 17.1 Å². The van der Waals surface area contributed by atoms with Gasteiger partial charge in [0, 0.05) is 25.7 Å². The van der Waals surface area contributed by atoms with E-state index in [9.17, 15) is 0 Å². The first-order valence-electron chi connectivity index (χ1n) is 5.35. The maximum atomic E-state index is 3.35. The van der Waals surface area contributed by atoms with Gasteiger partial charge in [-0.15, -0.1) is 0 Å². The molecule has 2 heteroatoms. The second-order valence-electron chi connectivity index (χ2n) is 4.25. The van der Waals surface area contributed by atoms with Gasteiger partial charge in [0.05, 0.1) is 0 Å². The zero-order valence-corrected chi connectivity index (χ0v) is 8.05. The van der Waals surface area contributed by atoms with Crippen molar-refractivity contribution in [2.75, 3.05) is 26.2 Å². The topological polar surface area (TPSA) is 15.3 Å². The molecule has 0 bridgehead atoms. The van der Waals surface area contributed by atoms with Crippen molar-refractivity contribution < 1.29 is 0 Å². The molecule has 0 aromatic rings. The number of nitrogens with one attached hydrogen (secondary N) is 1. The average Bonchev–Trinajstić information content (AvgIpc) is 2.68. The molecular formula is C10H20N2. The lowest BCUT2D eigenvalue weighted by Crippen LogP contribution is -2.57. The van der Waals surface area contributed by atoms with Crippen LogP contribution in [0.1, 0.15) is 26.2 Å². The first kappa shape index (κ1) is 8.52. The number of hydrogen-bond donors (Lipinski definition) is 1. The fraction of sp³-hybridized carbons (Fsp3) is 1.00. The van der Waals surface area contributed by atoms with Crippen LogP contribution >= 0.6 is 0 Å². The van der Waals surface area contributed by atoms with Crippen LogP contribution in [-0.4, -0.2) is 37.1 Å². The number of rotatable bonds is 5. The van der Waals surface area contributed by atoms with Gasteiger partial charge in [-0.3, -0.25) is 4.90 Å². The Morgan fingerprint density at radius 3 is 2.50 bits per heavy atom. The van der Waals surface area contributed by atoms with Crippen molar-refractivity contribution in [1.82, 2.24) is 10.2 Å². The standard InChI is InChI=1S/C10H20N2/c1-2-5-12(8-9-3-4-9)10-6-11-7-10/h9-11H,2-8H2,1H3. The normalized spacial score (nSPS) is 24.5. The molecule has 0 amide bonds. The zero-order valence-electron chi connectivity index (χ0n) is 8.05. The zero-order chi connectivity index (χ0) is 8.39. The Kier molecular flexibility index (Phi) is 2.66. The van der Waals surface area contributed by atoms with E-state index in [1.54, 1.807) is 0 Å². The molecule has 2 aliphatic rings. The maximum absolute atomic E-state index is 3.35. The van der Waals surface area contributed by atoms with E-state index in [4.69, 9.17) is 0 Å². The van der Waals surface area contributed by atoms with Gasteiger partial charge in [0.1, 0.15) is 0 Å². The van der Waals surface area contributed by atoms with Crippen LogP contribution in [0.5, 0.6) is 0 Å². The van der Waals surface area contributed by atoms with Crippen molar-refractivity contribution in [3.8, 4) is 0 Å². The fourth-order valence-corrected chi connectivity index (χ4v) is 1.87. The Balaban J connectivity index is 1.74. The second kappa shape index (κ2) is 3.75. The predicted molar refractivity (Wildman–Crippen MR) is 51.2 cm³/mol. The van der Waals surface area contributed by atoms with Crippen LogP contribution in [0.3, 0.4) is 0 Å². The minimum absolute atomic E-state index is 0.866. The summed E-state index contributed by atoms with van der Waals surface area (Å²) >= 11 is 0. The highest BCUT2D eigenvalue weighted by Gasteiger charge is 2.29. The van der Waals surface area contributed by atoms with Gasteiger partial charge >= 0.3 is 0 Å². The molecule has 1 aliphatic heterocycles. The monoisotopic (exact) mass is 168 g/mol. The SMILES string of the molecule is CCCN(CC1CC1)C1CNC1. The summed E-state index contributed by atoms with van der Waals surface area (Å²) in [6.07, 6.45) is 4.28. The van der Waals surface area contributed by atoms with E-state index in [1.165, 1.54) is 45.4 Å². The third kappa shape index (κ3) is 1.99. The molecule has 1 heterocycles. The molecule has 0 aromatic heterocycles. The van der Waals surface area contributed by atoms with Crippen LogP contribution in [0, 0.1) is 5.92 Å². The van der Waals surface area contributed by atoms with Gasteiger partial charge in [-0.25, -0.2) is 0 Å². The highest BCUT2D eigenvalue weighted by Crippen LogP contribution is 2.30. The van der Waals surface area contributed by atoms with Crippen molar-refractivity contribution in [2.24, 2.45) is 5.92 Å². The Morgan fingerprint density at radius 2 is 2.08 bits per heavy atom. The van der Waals surface area contributed by atoms with E-state index in [1.807, 2.05) is 0 Å². The summed E-state index contributed by atoms with van der Waals surface area (Å²) in [5.74, 6) is 1.05. The molecule has 1 saturated carbocycles. The predicted octanol–water partition coefficient (Wildman–Crippen LogP) is 1.08. The van der Waals surface area contributed by atoms with E-state index in [-0.39, 0.29) is 0 Å². The Labute approximate surface area is 75.3 Å². The minimum Gasteiger partial charge on any atom is -0.314 e. The molecular weight excluding hydrogens is 148 g/mol. The number of hydrogen-bond acceptors (Lipinski definition) is 2. The molecule has 0 atom stereocenters. The smallest absolute Gasteiger partial charge is 0.0345 e. The Morgan fingerprint density at radius 1 is 1.33 bits per heavy atom. The highest BCUT2D eigenvalue weighted by atomic mass is 15.2.